The summed E-state index contributed by atoms with van der Waals surface area (Å²) in [6, 6.07) is 6.98. The molecule has 0 fully saturated rings. The van der Waals surface area contributed by atoms with Gasteiger partial charge in [-0.15, -0.1) is 0 Å². The highest BCUT2D eigenvalue weighted by molar-refractivity contribution is 6.30. The highest BCUT2D eigenvalue weighted by Gasteiger charge is 2.40. The van der Waals surface area contributed by atoms with Crippen molar-refractivity contribution in [1.29, 1.82) is 0 Å². The van der Waals surface area contributed by atoms with Gasteiger partial charge in [-0.05, 0) is 24.1 Å². The van der Waals surface area contributed by atoms with Crippen LogP contribution in [0.2, 0.25) is 5.02 Å². The molecule has 0 bridgehead atoms. The first-order chi connectivity index (χ1) is 11.0. The van der Waals surface area contributed by atoms with E-state index in [9.17, 15) is 9.59 Å². The van der Waals surface area contributed by atoms with E-state index in [0.29, 0.717) is 35.6 Å². The topological polar surface area (TPSA) is 78.6 Å². The maximum Gasteiger partial charge on any atom is 0.340 e. The monoisotopic (exact) mass is 333 g/mol. The summed E-state index contributed by atoms with van der Waals surface area (Å²) in [6.45, 7) is 0. The van der Waals surface area contributed by atoms with E-state index in [1.807, 2.05) is 0 Å². The number of halogens is 1. The average Bonchev–Trinajstić information content (AvgIpc) is 2.54. The molecule has 0 unspecified atom stereocenters. The van der Waals surface area contributed by atoms with Gasteiger partial charge in [0.2, 0.25) is 5.88 Å². The number of hydrogen-bond acceptors (Lipinski definition) is 5. The zero-order chi connectivity index (χ0) is 16.6. The van der Waals surface area contributed by atoms with Gasteiger partial charge in [-0.3, -0.25) is 4.79 Å². The van der Waals surface area contributed by atoms with Crippen LogP contribution in [0.25, 0.3) is 0 Å². The lowest BCUT2D eigenvalue weighted by Crippen LogP contribution is -2.31. The molecule has 0 aromatic heterocycles. The van der Waals surface area contributed by atoms with Gasteiger partial charge in [-0.1, -0.05) is 23.7 Å². The van der Waals surface area contributed by atoms with Crippen LogP contribution in [-0.2, 0) is 19.1 Å². The molecule has 1 aromatic rings. The van der Waals surface area contributed by atoms with Crippen LogP contribution in [0, 0.1) is 0 Å². The summed E-state index contributed by atoms with van der Waals surface area (Å²) in [5, 5.41) is 0.571. The predicted molar refractivity (Wildman–Crippen MR) is 84.4 cm³/mol. The minimum atomic E-state index is -0.604. The van der Waals surface area contributed by atoms with Crippen LogP contribution in [-0.4, -0.2) is 18.9 Å². The summed E-state index contributed by atoms with van der Waals surface area (Å²) < 4.78 is 10.4. The van der Waals surface area contributed by atoms with E-state index in [0.717, 1.165) is 5.56 Å². The Labute approximate surface area is 138 Å². The number of nitrogens with two attached hydrogens (primary N) is 1. The highest BCUT2D eigenvalue weighted by atomic mass is 35.5. The van der Waals surface area contributed by atoms with Crippen molar-refractivity contribution in [1.82, 2.24) is 0 Å². The van der Waals surface area contributed by atoms with Crippen LogP contribution in [0.5, 0.6) is 0 Å². The first-order valence-corrected chi connectivity index (χ1v) is 7.68. The fraction of sp³-hybridized carbons (Fsp3) is 0.294. The SMILES string of the molecule is COC(=O)C1=C(N)OC2=C(C(=O)CCC2)[C@@H]1c1ccc(Cl)cc1. The molecule has 120 valence electrons. The Bertz CT molecular complexity index is 733. The molecule has 2 N–H and O–H groups in total. The molecule has 0 radical (unpaired) electrons. The van der Waals surface area contributed by atoms with E-state index < -0.39 is 11.9 Å². The maximum absolute atomic E-state index is 12.5. The van der Waals surface area contributed by atoms with Crippen molar-refractivity contribution in [2.24, 2.45) is 5.73 Å². The Kier molecular flexibility index (Phi) is 4.13. The fourth-order valence-corrected chi connectivity index (χ4v) is 3.18. The minimum absolute atomic E-state index is 0.00903. The van der Waals surface area contributed by atoms with Crippen molar-refractivity contribution in [3.05, 3.63) is 57.6 Å². The van der Waals surface area contributed by atoms with E-state index in [2.05, 4.69) is 0 Å². The van der Waals surface area contributed by atoms with Crippen LogP contribution >= 0.6 is 11.6 Å². The van der Waals surface area contributed by atoms with Crippen molar-refractivity contribution in [3.63, 3.8) is 0 Å². The number of carbonyl (C=O) groups is 2. The first-order valence-electron chi connectivity index (χ1n) is 7.30. The smallest absolute Gasteiger partial charge is 0.340 e. The lowest BCUT2D eigenvalue weighted by Gasteiger charge is -2.32. The van der Waals surface area contributed by atoms with E-state index in [1.54, 1.807) is 24.3 Å². The average molecular weight is 334 g/mol. The predicted octanol–water partition coefficient (Wildman–Crippen LogP) is 2.80. The quantitative estimate of drug-likeness (QED) is 0.842. The lowest BCUT2D eigenvalue weighted by atomic mass is 9.77. The van der Waals surface area contributed by atoms with Crippen LogP contribution in [0.3, 0.4) is 0 Å². The zero-order valence-corrected chi connectivity index (χ0v) is 13.4. The van der Waals surface area contributed by atoms with Gasteiger partial charge < -0.3 is 15.2 Å². The third-order valence-electron chi connectivity index (χ3n) is 4.09. The highest BCUT2D eigenvalue weighted by Crippen LogP contribution is 2.44. The summed E-state index contributed by atoms with van der Waals surface area (Å²) in [5.41, 5.74) is 7.35. The summed E-state index contributed by atoms with van der Waals surface area (Å²) in [4.78, 5) is 24.7. The van der Waals surface area contributed by atoms with Gasteiger partial charge >= 0.3 is 5.97 Å². The molecule has 3 rings (SSSR count). The number of hydrogen-bond donors (Lipinski definition) is 1. The molecule has 5 nitrogen and oxygen atoms in total. The van der Waals surface area contributed by atoms with Gasteiger partial charge in [0.15, 0.2) is 5.78 Å². The van der Waals surface area contributed by atoms with Crippen molar-refractivity contribution < 1.29 is 19.1 Å². The Morgan fingerprint density at radius 2 is 2.00 bits per heavy atom. The van der Waals surface area contributed by atoms with Gasteiger partial charge in [0.25, 0.3) is 0 Å². The second-order valence-corrected chi connectivity index (χ2v) is 5.91. The molecule has 0 amide bonds. The van der Waals surface area contributed by atoms with Gasteiger partial charge in [0.1, 0.15) is 11.3 Å². The number of ketones is 1. The molecule has 1 heterocycles. The Morgan fingerprint density at radius 3 is 2.65 bits per heavy atom. The van der Waals surface area contributed by atoms with Crippen LogP contribution in [0.15, 0.2) is 47.1 Å². The zero-order valence-electron chi connectivity index (χ0n) is 12.6. The number of benzene rings is 1. The third kappa shape index (κ3) is 2.72. The Hall–Kier alpha value is -2.27. The summed E-state index contributed by atoms with van der Waals surface area (Å²) in [5.74, 6) is -0.680. The van der Waals surface area contributed by atoms with Gasteiger partial charge in [0, 0.05) is 23.4 Å². The summed E-state index contributed by atoms with van der Waals surface area (Å²) in [6.07, 6.45) is 1.77. The molecule has 0 saturated heterocycles. The first kappa shape index (κ1) is 15.6. The van der Waals surface area contributed by atoms with Gasteiger partial charge in [0.05, 0.1) is 13.0 Å². The van der Waals surface area contributed by atoms with Crippen LogP contribution in [0.4, 0.5) is 0 Å². The van der Waals surface area contributed by atoms with E-state index >= 15 is 0 Å². The lowest BCUT2D eigenvalue weighted by molar-refractivity contribution is -0.136. The molecular formula is C17H16ClNO4. The number of allylic oxidation sites excluding steroid dienone is 2. The normalized spacial score (nSPS) is 21.0. The second-order valence-electron chi connectivity index (χ2n) is 5.47. The standard InChI is InChI=1S/C17H16ClNO4/c1-22-17(21)15-13(9-5-7-10(18)8-6-9)14-11(20)3-2-4-12(14)23-16(15)19/h5-8,13H,2-4,19H2,1H3/t13-/m0/s1. The van der Waals surface area contributed by atoms with Crippen LogP contribution < -0.4 is 5.73 Å². The molecular weight excluding hydrogens is 318 g/mol. The Morgan fingerprint density at radius 1 is 1.30 bits per heavy atom. The summed E-state index contributed by atoms with van der Waals surface area (Å²) in [7, 11) is 1.27. The number of esters is 1. The number of Topliss-reactive ketones (excluding diaryl/α,β-unsaturated/α-hetero) is 1. The van der Waals surface area contributed by atoms with Crippen molar-refractivity contribution in [2.45, 2.75) is 25.2 Å². The second kappa shape index (κ2) is 6.08. The van der Waals surface area contributed by atoms with Crippen LogP contribution in [0.1, 0.15) is 30.7 Å². The maximum atomic E-state index is 12.5. The number of rotatable bonds is 2. The van der Waals surface area contributed by atoms with Gasteiger partial charge in [-0.25, -0.2) is 4.79 Å². The fourth-order valence-electron chi connectivity index (χ4n) is 3.05. The third-order valence-corrected chi connectivity index (χ3v) is 4.35. The molecule has 1 aliphatic carbocycles. The van der Waals surface area contributed by atoms with E-state index in [1.165, 1.54) is 7.11 Å². The molecule has 1 atom stereocenters. The van der Waals surface area contributed by atoms with Crippen molar-refractivity contribution >= 4 is 23.4 Å². The Balaban J connectivity index is 2.18. The number of ether oxygens (including phenoxy) is 2. The number of methoxy groups -OCH3 is 1. The molecule has 0 saturated carbocycles. The largest absolute Gasteiger partial charge is 0.465 e. The number of carbonyl (C=O) groups excluding carboxylic acids is 2. The van der Waals surface area contributed by atoms with Crippen molar-refractivity contribution in [2.75, 3.05) is 7.11 Å². The van der Waals surface area contributed by atoms with Gasteiger partial charge in [-0.2, -0.15) is 0 Å². The molecule has 0 spiro atoms. The van der Waals surface area contributed by atoms with Crippen molar-refractivity contribution in [3.8, 4) is 0 Å². The molecule has 23 heavy (non-hydrogen) atoms. The van der Waals surface area contributed by atoms with E-state index in [-0.39, 0.29) is 17.2 Å². The summed E-state index contributed by atoms with van der Waals surface area (Å²) >= 11 is 5.94. The van der Waals surface area contributed by atoms with E-state index in [4.69, 9.17) is 26.8 Å². The minimum Gasteiger partial charge on any atom is -0.465 e. The molecule has 6 heteroatoms. The molecule has 1 aliphatic heterocycles. The molecule has 2 aliphatic rings. The molecule has 1 aromatic carbocycles.